The maximum Gasteiger partial charge on any atom is 0.155 e. The first kappa shape index (κ1) is 26.7. The van der Waals surface area contributed by atoms with Crippen LogP contribution in [0.5, 0.6) is 0 Å². The Morgan fingerprint density at radius 3 is 2.05 bits per heavy atom. The molecule has 3 nitrogen and oxygen atoms in total. The summed E-state index contributed by atoms with van der Waals surface area (Å²) in [5, 5.41) is 8.36. The summed E-state index contributed by atoms with van der Waals surface area (Å²) >= 11 is 0. The van der Waals surface area contributed by atoms with Gasteiger partial charge in [0.05, 0.1) is 5.76 Å². The predicted octanol–water partition coefficient (Wildman–Crippen LogP) is 7.27. The van der Waals surface area contributed by atoms with Crippen molar-refractivity contribution in [2.75, 3.05) is 0 Å². The molecule has 1 heterocycles. The van der Waals surface area contributed by atoms with Gasteiger partial charge in [0.15, 0.2) is 5.78 Å². The fraction of sp³-hybridized carbons (Fsp3) is 0.212. The third kappa shape index (κ3) is 5.09. The minimum atomic E-state index is -0.125. The Morgan fingerprint density at radius 2 is 1.54 bits per heavy atom. The number of nitrogens with zero attached hydrogens (tertiary/aromatic N) is 1. The molecule has 6 rings (SSSR count). The number of benzene rings is 3. The van der Waals surface area contributed by atoms with Crippen LogP contribution in [0.15, 0.2) is 84.8 Å². The standard InChI is InChI=1S/C28H22N.C5H8O2.Ir/c1-18-6-10-23-24-11-7-19(2)14-26(24)28(25(23)13-18)16-21-9-8-20(15-22(21)17-28)27-5-3-4-12-29-27;1-4(6)3-5(2)7;/h3-7,9-15H,16-17H2,1-2H3;3,6H,1-2H3;/q-1;;/b;4-3-;. The van der Waals surface area contributed by atoms with Gasteiger partial charge in [0.1, 0.15) is 0 Å². The summed E-state index contributed by atoms with van der Waals surface area (Å²) in [6, 6.07) is 28.1. The molecule has 1 aromatic heterocycles. The van der Waals surface area contributed by atoms with Gasteiger partial charge in [0.25, 0.3) is 0 Å². The Labute approximate surface area is 232 Å². The molecular weight excluding hydrogens is 635 g/mol. The second-order valence-corrected chi connectivity index (χ2v) is 10.0. The summed E-state index contributed by atoms with van der Waals surface area (Å²) in [6.07, 6.45) is 5.12. The zero-order chi connectivity index (χ0) is 25.4. The molecule has 4 heteroatoms. The second kappa shape index (κ2) is 10.6. The molecule has 2 aliphatic rings. The number of hydrogen-bond donors (Lipinski definition) is 1. The molecule has 0 fully saturated rings. The van der Waals surface area contributed by atoms with Crippen molar-refractivity contribution in [2.24, 2.45) is 0 Å². The maximum absolute atomic E-state index is 10.0. The van der Waals surface area contributed by atoms with Gasteiger partial charge >= 0.3 is 0 Å². The van der Waals surface area contributed by atoms with Gasteiger partial charge in [-0.25, -0.2) is 0 Å². The number of fused-ring (bicyclic) bond motifs is 6. The molecule has 0 bridgehead atoms. The van der Waals surface area contributed by atoms with Crippen LogP contribution in [0, 0.1) is 19.9 Å². The number of carbonyl (C=O) groups excluding carboxylic acids is 1. The van der Waals surface area contributed by atoms with Crippen LogP contribution in [0.3, 0.4) is 0 Å². The van der Waals surface area contributed by atoms with Gasteiger partial charge in [0, 0.05) is 37.8 Å². The van der Waals surface area contributed by atoms with Crippen LogP contribution >= 0.6 is 0 Å². The van der Waals surface area contributed by atoms with E-state index in [1.54, 1.807) is 0 Å². The van der Waals surface area contributed by atoms with Gasteiger partial charge in [-0.1, -0.05) is 59.7 Å². The monoisotopic (exact) mass is 665 g/mol. The van der Waals surface area contributed by atoms with Gasteiger partial charge in [-0.05, 0) is 74.6 Å². The number of aliphatic hydroxyl groups is 1. The Hall–Kier alpha value is -3.33. The first-order valence-corrected chi connectivity index (χ1v) is 12.3. The molecule has 189 valence electrons. The van der Waals surface area contributed by atoms with Crippen LogP contribution in [-0.4, -0.2) is 15.9 Å². The molecule has 1 spiro atoms. The Bertz CT molecular complexity index is 1450. The average molecular weight is 665 g/mol. The van der Waals surface area contributed by atoms with Crippen LogP contribution in [0.4, 0.5) is 0 Å². The van der Waals surface area contributed by atoms with Gasteiger partial charge in [-0.15, -0.1) is 34.9 Å². The molecule has 0 aliphatic heterocycles. The van der Waals surface area contributed by atoms with Crippen molar-refractivity contribution in [3.63, 3.8) is 0 Å². The molecule has 0 saturated carbocycles. The predicted molar refractivity (Wildman–Crippen MR) is 145 cm³/mol. The number of pyridine rings is 1. The summed E-state index contributed by atoms with van der Waals surface area (Å²) in [4.78, 5) is 14.5. The molecule has 4 aromatic rings. The van der Waals surface area contributed by atoms with E-state index in [-0.39, 0.29) is 37.1 Å². The second-order valence-electron chi connectivity index (χ2n) is 10.0. The number of ketones is 1. The molecule has 0 atom stereocenters. The molecule has 1 N–H and O–H groups in total. The van der Waals surface area contributed by atoms with E-state index in [0.29, 0.717) is 0 Å². The van der Waals surface area contributed by atoms with Crippen molar-refractivity contribution in [1.29, 1.82) is 0 Å². The number of allylic oxidation sites excluding steroid dienone is 2. The zero-order valence-electron chi connectivity index (χ0n) is 21.6. The van der Waals surface area contributed by atoms with Crippen molar-refractivity contribution in [3.05, 3.63) is 124 Å². The normalized spacial score (nSPS) is 14.1. The Morgan fingerprint density at radius 1 is 0.919 bits per heavy atom. The quantitative estimate of drug-likeness (QED) is 0.139. The van der Waals surface area contributed by atoms with E-state index in [4.69, 9.17) is 5.11 Å². The smallest absolute Gasteiger partial charge is 0.155 e. The van der Waals surface area contributed by atoms with Crippen molar-refractivity contribution in [1.82, 2.24) is 4.98 Å². The summed E-state index contributed by atoms with van der Waals surface area (Å²) in [7, 11) is 0. The fourth-order valence-corrected chi connectivity index (χ4v) is 5.68. The maximum atomic E-state index is 10.0. The summed E-state index contributed by atoms with van der Waals surface area (Å²) in [5.74, 6) is -0.0625. The van der Waals surface area contributed by atoms with E-state index in [9.17, 15) is 4.79 Å². The molecular formula is C33H30IrNO2-. The average Bonchev–Trinajstić information content (AvgIpc) is 3.34. The van der Waals surface area contributed by atoms with E-state index in [0.717, 1.165) is 24.1 Å². The fourth-order valence-electron chi connectivity index (χ4n) is 5.68. The number of carbonyl (C=O) groups is 1. The molecule has 2 aliphatic carbocycles. The summed E-state index contributed by atoms with van der Waals surface area (Å²) in [6.45, 7) is 7.26. The molecule has 3 aromatic carbocycles. The van der Waals surface area contributed by atoms with Gasteiger partial charge in [-0.3, -0.25) is 4.79 Å². The minimum absolute atomic E-state index is 0. The van der Waals surface area contributed by atoms with Gasteiger partial charge < -0.3 is 10.1 Å². The van der Waals surface area contributed by atoms with E-state index < -0.39 is 0 Å². The van der Waals surface area contributed by atoms with Crippen LogP contribution < -0.4 is 0 Å². The zero-order valence-corrected chi connectivity index (χ0v) is 24.0. The molecule has 0 saturated heterocycles. The topological polar surface area (TPSA) is 50.2 Å². The minimum Gasteiger partial charge on any atom is -0.512 e. The molecule has 1 radical (unpaired) electrons. The van der Waals surface area contributed by atoms with Crippen molar-refractivity contribution in [3.8, 4) is 22.4 Å². The van der Waals surface area contributed by atoms with E-state index in [1.807, 2.05) is 18.3 Å². The number of rotatable bonds is 2. The Kier molecular flexibility index (Phi) is 7.64. The summed E-state index contributed by atoms with van der Waals surface area (Å²) in [5.41, 5.74) is 13.5. The van der Waals surface area contributed by atoms with Crippen molar-refractivity contribution < 1.29 is 30.0 Å². The molecule has 37 heavy (non-hydrogen) atoms. The molecule has 0 unspecified atom stereocenters. The number of hydrogen-bond acceptors (Lipinski definition) is 3. The first-order valence-electron chi connectivity index (χ1n) is 12.3. The van der Waals surface area contributed by atoms with Crippen molar-refractivity contribution in [2.45, 2.75) is 46.0 Å². The number of aromatic nitrogens is 1. The van der Waals surface area contributed by atoms with Crippen molar-refractivity contribution >= 4 is 5.78 Å². The SMILES string of the molecule is CC(=O)/C=C(/C)O.Cc1ccc2c(c1)C1(Cc3c[c-]c(-c4ccccn4)cc3C1)c1cc(C)ccc1-2.[Ir]. The van der Waals surface area contributed by atoms with Crippen LogP contribution in [0.25, 0.3) is 22.4 Å². The van der Waals surface area contributed by atoms with Crippen LogP contribution in [-0.2, 0) is 43.2 Å². The Balaban J connectivity index is 0.000000356. The first-order chi connectivity index (χ1) is 17.3. The third-order valence-corrected chi connectivity index (χ3v) is 7.14. The van der Waals surface area contributed by atoms with Crippen LogP contribution in [0.2, 0.25) is 0 Å². The number of aryl methyl sites for hydroxylation is 2. The van der Waals surface area contributed by atoms with E-state index >= 15 is 0 Å². The van der Waals surface area contributed by atoms with Gasteiger partial charge in [-0.2, -0.15) is 0 Å². The third-order valence-electron chi connectivity index (χ3n) is 7.14. The number of aliphatic hydroxyl groups excluding tert-OH is 1. The summed E-state index contributed by atoms with van der Waals surface area (Å²) < 4.78 is 0. The van der Waals surface area contributed by atoms with E-state index in [1.165, 1.54) is 64.4 Å². The van der Waals surface area contributed by atoms with Crippen LogP contribution in [0.1, 0.15) is 47.2 Å². The van der Waals surface area contributed by atoms with Gasteiger partial charge in [0.2, 0.25) is 0 Å². The largest absolute Gasteiger partial charge is 0.512 e. The van der Waals surface area contributed by atoms with E-state index in [2.05, 4.69) is 79.5 Å². The molecule has 0 amide bonds.